The minimum atomic E-state index is -3.55. The lowest BCUT2D eigenvalue weighted by molar-refractivity contribution is 0.0508. The van der Waals surface area contributed by atoms with E-state index in [4.69, 9.17) is 14.8 Å². The summed E-state index contributed by atoms with van der Waals surface area (Å²) in [6.07, 6.45) is 5.91. The van der Waals surface area contributed by atoms with Crippen LogP contribution in [0, 0.1) is 6.92 Å². The molecule has 0 spiro atoms. The van der Waals surface area contributed by atoms with Gasteiger partial charge in [-0.1, -0.05) is 12.1 Å². The average Bonchev–Trinajstić information content (AvgIpc) is 3.52. The van der Waals surface area contributed by atoms with Crippen LogP contribution in [0.15, 0.2) is 36.5 Å². The molecule has 1 aromatic carbocycles. The number of aromatic nitrogens is 3. The molecule has 0 radical (unpaired) electrons. The van der Waals surface area contributed by atoms with Crippen LogP contribution in [0.2, 0.25) is 0 Å². The number of hydrogen-bond donors (Lipinski definition) is 2. The molecule has 0 bridgehead atoms. The van der Waals surface area contributed by atoms with Crippen molar-refractivity contribution in [2.24, 2.45) is 0 Å². The molecule has 2 atom stereocenters. The molecule has 2 fully saturated rings. The Bertz CT molecular complexity index is 1600. The molecule has 42 heavy (non-hydrogen) atoms. The van der Waals surface area contributed by atoms with E-state index in [1.807, 2.05) is 40.0 Å². The van der Waals surface area contributed by atoms with Crippen molar-refractivity contribution in [3.05, 3.63) is 53.3 Å². The molecule has 2 amide bonds. The zero-order valence-electron chi connectivity index (χ0n) is 24.8. The Morgan fingerprint density at radius 3 is 2.60 bits per heavy atom. The van der Waals surface area contributed by atoms with Gasteiger partial charge in [-0.25, -0.2) is 22.7 Å². The van der Waals surface area contributed by atoms with Gasteiger partial charge in [-0.15, -0.1) is 0 Å². The maximum absolute atomic E-state index is 13.8. The van der Waals surface area contributed by atoms with Crippen LogP contribution in [0.4, 0.5) is 16.3 Å². The topological polar surface area (TPSA) is 138 Å². The first-order valence-corrected chi connectivity index (χ1v) is 16.2. The number of benzene rings is 1. The number of nitrogens with one attached hydrogen (secondary N) is 2. The van der Waals surface area contributed by atoms with Crippen LogP contribution in [-0.4, -0.2) is 77.4 Å². The normalized spacial score (nSPS) is 19.6. The van der Waals surface area contributed by atoms with Gasteiger partial charge in [0.15, 0.2) is 5.65 Å². The third-order valence-corrected chi connectivity index (χ3v) is 7.98. The second-order valence-electron chi connectivity index (χ2n) is 12.1. The number of fused-ring (bicyclic) bond motifs is 1. The standard InChI is InChI=1S/C29H39N7O5S/c1-19-17-36-25(31-26(19)34-15-13-20(18-34)30-28(38)41-29(2,3)4)16-23(32-36)24-12-8-9-14-35(24)27(37)21-10-6-7-11-22(21)33-42(5,39)40/h6-7,10-11,16-17,20,24,33H,8-9,12-15,18H2,1-5H3,(H,30,38). The first-order valence-electron chi connectivity index (χ1n) is 14.3. The lowest BCUT2D eigenvalue weighted by Crippen LogP contribution is -2.40. The fourth-order valence-electron chi connectivity index (χ4n) is 5.64. The smallest absolute Gasteiger partial charge is 0.407 e. The summed E-state index contributed by atoms with van der Waals surface area (Å²) in [4.78, 5) is 34.9. The molecule has 226 valence electrons. The van der Waals surface area contributed by atoms with Crippen molar-refractivity contribution in [1.82, 2.24) is 24.8 Å². The van der Waals surface area contributed by atoms with E-state index < -0.39 is 21.7 Å². The molecule has 13 heteroatoms. The molecule has 3 aromatic rings. The summed E-state index contributed by atoms with van der Waals surface area (Å²) in [5.74, 6) is 0.591. The molecule has 0 saturated carbocycles. The van der Waals surface area contributed by atoms with Crippen LogP contribution >= 0.6 is 0 Å². The SMILES string of the molecule is Cc1cn2nc(C3CCCCN3C(=O)c3ccccc3NS(C)(=O)=O)cc2nc1N1CCC(NC(=O)OC(C)(C)C)C1. The van der Waals surface area contributed by atoms with Crippen molar-refractivity contribution in [2.45, 2.75) is 71.1 Å². The van der Waals surface area contributed by atoms with Gasteiger partial charge >= 0.3 is 6.09 Å². The van der Waals surface area contributed by atoms with Gasteiger partial charge in [0.1, 0.15) is 11.4 Å². The number of nitrogens with zero attached hydrogens (tertiary/aromatic N) is 5. The summed E-state index contributed by atoms with van der Waals surface area (Å²) < 4.78 is 33.5. The summed E-state index contributed by atoms with van der Waals surface area (Å²) in [5, 5.41) is 7.78. The monoisotopic (exact) mass is 597 g/mol. The van der Waals surface area contributed by atoms with E-state index >= 15 is 0 Å². The van der Waals surface area contributed by atoms with Crippen molar-refractivity contribution < 1.29 is 22.7 Å². The van der Waals surface area contributed by atoms with Gasteiger partial charge in [-0.05, 0) is 65.5 Å². The highest BCUT2D eigenvalue weighted by Crippen LogP contribution is 2.34. The van der Waals surface area contributed by atoms with Crippen LogP contribution in [0.1, 0.15) is 74.1 Å². The van der Waals surface area contributed by atoms with Crippen LogP contribution in [0.5, 0.6) is 0 Å². The van der Waals surface area contributed by atoms with E-state index in [-0.39, 0.29) is 23.7 Å². The zero-order chi connectivity index (χ0) is 30.2. The number of anilines is 2. The number of piperidine rings is 1. The van der Waals surface area contributed by atoms with E-state index in [9.17, 15) is 18.0 Å². The third kappa shape index (κ3) is 6.77. The van der Waals surface area contributed by atoms with Gasteiger partial charge < -0.3 is 19.9 Å². The first kappa shape index (κ1) is 29.6. The van der Waals surface area contributed by atoms with Crippen molar-refractivity contribution in [3.8, 4) is 0 Å². The molecular weight excluding hydrogens is 558 g/mol. The van der Waals surface area contributed by atoms with E-state index in [2.05, 4.69) is 14.9 Å². The Morgan fingerprint density at radius 2 is 1.86 bits per heavy atom. The van der Waals surface area contributed by atoms with Gasteiger partial charge in [-0.2, -0.15) is 5.10 Å². The molecule has 2 unspecified atom stereocenters. The van der Waals surface area contributed by atoms with Crippen LogP contribution in [0.25, 0.3) is 5.65 Å². The third-order valence-electron chi connectivity index (χ3n) is 7.39. The predicted octanol–water partition coefficient (Wildman–Crippen LogP) is 3.88. The van der Waals surface area contributed by atoms with Crippen molar-refractivity contribution in [1.29, 1.82) is 0 Å². The quantitative estimate of drug-likeness (QED) is 0.437. The molecule has 0 aliphatic carbocycles. The molecule has 2 N–H and O–H groups in total. The highest BCUT2D eigenvalue weighted by atomic mass is 32.2. The van der Waals surface area contributed by atoms with Crippen LogP contribution in [-0.2, 0) is 14.8 Å². The number of para-hydroxylation sites is 1. The highest BCUT2D eigenvalue weighted by molar-refractivity contribution is 7.92. The van der Waals surface area contributed by atoms with Crippen molar-refractivity contribution >= 4 is 39.2 Å². The predicted molar refractivity (Wildman–Crippen MR) is 160 cm³/mol. The van der Waals surface area contributed by atoms with Gasteiger partial charge in [0.05, 0.1) is 35.3 Å². The summed E-state index contributed by atoms with van der Waals surface area (Å²) in [6.45, 7) is 9.42. The van der Waals surface area contributed by atoms with E-state index in [1.165, 1.54) is 0 Å². The lowest BCUT2D eigenvalue weighted by atomic mass is 9.98. The highest BCUT2D eigenvalue weighted by Gasteiger charge is 2.33. The number of likely N-dealkylation sites (tertiary alicyclic amines) is 1. The molecule has 2 aromatic heterocycles. The van der Waals surface area contributed by atoms with E-state index in [0.29, 0.717) is 24.3 Å². The number of carbonyl (C=O) groups is 2. The van der Waals surface area contributed by atoms with Gasteiger partial charge in [0.25, 0.3) is 5.91 Å². The number of hydrogen-bond acceptors (Lipinski definition) is 8. The summed E-state index contributed by atoms with van der Waals surface area (Å²) >= 11 is 0. The Balaban J connectivity index is 1.36. The van der Waals surface area contributed by atoms with Crippen LogP contribution in [0.3, 0.4) is 0 Å². The van der Waals surface area contributed by atoms with Gasteiger partial charge in [0.2, 0.25) is 10.0 Å². The average molecular weight is 598 g/mol. The second kappa shape index (κ2) is 11.4. The molecular formula is C29H39N7O5S. The molecule has 2 saturated heterocycles. The Hall–Kier alpha value is -3.87. The molecule has 2 aliphatic heterocycles. The lowest BCUT2D eigenvalue weighted by Gasteiger charge is -2.35. The minimum Gasteiger partial charge on any atom is -0.444 e. The fourth-order valence-corrected chi connectivity index (χ4v) is 6.22. The fraction of sp³-hybridized carbons (Fsp3) is 0.517. The number of amides is 2. The number of sulfonamides is 1. The van der Waals surface area contributed by atoms with Crippen molar-refractivity contribution in [2.75, 3.05) is 35.5 Å². The van der Waals surface area contributed by atoms with E-state index in [1.54, 1.807) is 33.7 Å². The maximum atomic E-state index is 13.8. The number of rotatable bonds is 6. The van der Waals surface area contributed by atoms with Gasteiger partial charge in [0, 0.05) is 37.5 Å². The van der Waals surface area contributed by atoms with E-state index in [0.717, 1.165) is 55.6 Å². The number of carbonyl (C=O) groups excluding carboxylic acids is 2. The Kier molecular flexibility index (Phi) is 8.06. The largest absolute Gasteiger partial charge is 0.444 e. The molecule has 5 rings (SSSR count). The minimum absolute atomic E-state index is 0.0420. The Morgan fingerprint density at radius 1 is 1.10 bits per heavy atom. The maximum Gasteiger partial charge on any atom is 0.407 e. The Labute approximate surface area is 246 Å². The van der Waals surface area contributed by atoms with Crippen molar-refractivity contribution in [3.63, 3.8) is 0 Å². The number of ether oxygens (including phenoxy) is 1. The van der Waals surface area contributed by atoms with Gasteiger partial charge in [-0.3, -0.25) is 9.52 Å². The summed E-state index contributed by atoms with van der Waals surface area (Å²) in [7, 11) is -3.55. The first-order chi connectivity index (χ1) is 19.8. The molecule has 4 heterocycles. The summed E-state index contributed by atoms with van der Waals surface area (Å²) in [6, 6.07) is 8.28. The second-order valence-corrected chi connectivity index (χ2v) is 13.9. The number of aryl methyl sites for hydroxylation is 1. The molecule has 12 nitrogen and oxygen atoms in total. The summed E-state index contributed by atoms with van der Waals surface area (Å²) in [5.41, 5.74) is 2.38. The number of alkyl carbamates (subject to hydrolysis) is 1. The zero-order valence-corrected chi connectivity index (χ0v) is 25.6. The molecule has 2 aliphatic rings. The van der Waals surface area contributed by atoms with Crippen LogP contribution < -0.4 is 14.9 Å².